The van der Waals surface area contributed by atoms with Gasteiger partial charge in [0.05, 0.1) is 40.1 Å². The number of hydrogen-bond acceptors (Lipinski definition) is 7. The van der Waals surface area contributed by atoms with Gasteiger partial charge in [0, 0.05) is 5.56 Å². The molecular weight excluding hydrogens is 444 g/mol. The van der Waals surface area contributed by atoms with Crippen molar-refractivity contribution in [2.75, 3.05) is 5.73 Å². The molecule has 3 N–H and O–H groups in total. The molecule has 2 aromatic heterocycles. The van der Waals surface area contributed by atoms with E-state index in [0.717, 1.165) is 11.8 Å². The van der Waals surface area contributed by atoms with E-state index in [1.807, 2.05) is 13.0 Å². The van der Waals surface area contributed by atoms with Crippen LogP contribution in [0.1, 0.15) is 37.7 Å². The highest BCUT2D eigenvalue weighted by molar-refractivity contribution is 6.10. The first-order valence-corrected chi connectivity index (χ1v) is 10.6. The number of nitrogens with two attached hydrogens (primary N) is 1. The summed E-state index contributed by atoms with van der Waals surface area (Å²) < 4.78 is 7.35. The summed E-state index contributed by atoms with van der Waals surface area (Å²) in [5.41, 5.74) is 10.1. The molecule has 9 nitrogen and oxygen atoms in total. The summed E-state index contributed by atoms with van der Waals surface area (Å²) >= 11 is 0. The molecule has 9 heteroatoms. The summed E-state index contributed by atoms with van der Waals surface area (Å²) in [6, 6.07) is 19.3. The first-order chi connectivity index (χ1) is 17.0. The molecule has 2 heterocycles. The molecular formula is C26H18N6O3. The van der Waals surface area contributed by atoms with Crippen molar-refractivity contribution in [1.82, 2.24) is 19.7 Å². The highest BCUT2D eigenvalue weighted by Gasteiger charge is 2.21. The molecule has 3 aromatic carbocycles. The molecule has 0 amide bonds. The zero-order valence-electron chi connectivity index (χ0n) is 18.5. The Labute approximate surface area is 199 Å². The number of nitrogens with one attached hydrogen (secondary N) is 1. The Morgan fingerprint density at radius 1 is 1.14 bits per heavy atom. The molecule has 0 saturated heterocycles. The van der Waals surface area contributed by atoms with Crippen molar-refractivity contribution < 1.29 is 14.3 Å². The number of ether oxygens (including phenoxy) is 1. The maximum atomic E-state index is 13.1. The van der Waals surface area contributed by atoms with E-state index in [1.54, 1.807) is 54.6 Å². The smallest absolute Gasteiger partial charge is 0.233 e. The number of aromatic amines is 1. The molecule has 170 valence electrons. The van der Waals surface area contributed by atoms with Gasteiger partial charge in [0.2, 0.25) is 5.78 Å². The Bertz CT molecular complexity index is 1660. The van der Waals surface area contributed by atoms with Gasteiger partial charge in [-0.15, -0.1) is 0 Å². The maximum absolute atomic E-state index is 13.1. The lowest BCUT2D eigenvalue weighted by atomic mass is 10.1. The minimum atomic E-state index is -0.410. The van der Waals surface area contributed by atoms with E-state index in [1.165, 1.54) is 10.9 Å². The van der Waals surface area contributed by atoms with E-state index >= 15 is 0 Å². The average Bonchev–Trinajstić information content (AvgIpc) is 3.47. The minimum Gasteiger partial charge on any atom is -0.457 e. The van der Waals surface area contributed by atoms with Crippen molar-refractivity contribution in [3.63, 3.8) is 0 Å². The lowest BCUT2D eigenvalue weighted by Gasteiger charge is -2.11. The van der Waals surface area contributed by atoms with Crippen molar-refractivity contribution >= 4 is 28.9 Å². The first-order valence-electron chi connectivity index (χ1n) is 10.6. The predicted molar refractivity (Wildman–Crippen MR) is 129 cm³/mol. The zero-order valence-corrected chi connectivity index (χ0v) is 18.5. The van der Waals surface area contributed by atoms with Crippen LogP contribution in [0.4, 0.5) is 5.82 Å². The largest absolute Gasteiger partial charge is 0.457 e. The van der Waals surface area contributed by atoms with Gasteiger partial charge in [-0.2, -0.15) is 10.4 Å². The van der Waals surface area contributed by atoms with Crippen molar-refractivity contribution in [3.05, 3.63) is 94.9 Å². The lowest BCUT2D eigenvalue weighted by molar-refractivity contribution is 0.103. The normalized spacial score (nSPS) is 10.7. The van der Waals surface area contributed by atoms with E-state index in [2.05, 4.69) is 21.1 Å². The number of aldehydes is 1. The van der Waals surface area contributed by atoms with Crippen molar-refractivity contribution in [2.45, 2.75) is 6.92 Å². The second kappa shape index (κ2) is 8.61. The summed E-state index contributed by atoms with van der Waals surface area (Å²) in [6.45, 7) is 1.88. The van der Waals surface area contributed by atoms with Crippen LogP contribution in [0.15, 0.2) is 66.9 Å². The molecule has 0 aliphatic heterocycles. The van der Waals surface area contributed by atoms with Crippen LogP contribution in [0, 0.1) is 18.3 Å². The average molecular weight is 462 g/mol. The third kappa shape index (κ3) is 4.00. The number of benzene rings is 3. The molecule has 35 heavy (non-hydrogen) atoms. The Balaban J connectivity index is 1.42. The number of rotatable bonds is 6. The van der Waals surface area contributed by atoms with Crippen LogP contribution in [-0.2, 0) is 0 Å². The number of ketones is 1. The molecule has 0 atom stereocenters. The van der Waals surface area contributed by atoms with Crippen molar-refractivity contribution in [1.29, 1.82) is 5.26 Å². The van der Waals surface area contributed by atoms with Crippen LogP contribution >= 0.6 is 0 Å². The first kappa shape index (κ1) is 21.6. The maximum Gasteiger partial charge on any atom is 0.233 e. The van der Waals surface area contributed by atoms with Gasteiger partial charge in [0.15, 0.2) is 5.82 Å². The van der Waals surface area contributed by atoms with Gasteiger partial charge in [-0.25, -0.2) is 9.67 Å². The minimum absolute atomic E-state index is 0.106. The van der Waals surface area contributed by atoms with Gasteiger partial charge in [0.1, 0.15) is 23.6 Å². The standard InChI is InChI=1S/C26H18N6O3/c1-15-9-19(35-18-4-2-3-16(10-18)12-27)6-8-23(15)32-25(28)20(13-29-32)24(34)26-30-21-7-5-17(14-33)11-22(21)31-26/h2-11,13-14H,28H2,1H3,(H,30,31). The van der Waals surface area contributed by atoms with Gasteiger partial charge in [0.25, 0.3) is 0 Å². The molecule has 0 fully saturated rings. The summed E-state index contributed by atoms with van der Waals surface area (Å²) in [5, 5.41) is 13.4. The lowest BCUT2D eigenvalue weighted by Crippen LogP contribution is -2.09. The monoisotopic (exact) mass is 462 g/mol. The fourth-order valence-corrected chi connectivity index (χ4v) is 3.75. The Morgan fingerprint density at radius 2 is 1.97 bits per heavy atom. The number of carbonyl (C=O) groups excluding carboxylic acids is 2. The quantitative estimate of drug-likeness (QED) is 0.282. The third-order valence-corrected chi connectivity index (χ3v) is 5.50. The number of imidazole rings is 1. The second-order valence-corrected chi connectivity index (χ2v) is 7.85. The van der Waals surface area contributed by atoms with Gasteiger partial charge >= 0.3 is 0 Å². The molecule has 5 rings (SSSR count). The number of anilines is 1. The third-order valence-electron chi connectivity index (χ3n) is 5.50. The van der Waals surface area contributed by atoms with Crippen molar-refractivity contribution in [3.8, 4) is 23.3 Å². The van der Waals surface area contributed by atoms with Gasteiger partial charge in [-0.05, 0) is 67.1 Å². The number of carbonyl (C=O) groups is 2. The van der Waals surface area contributed by atoms with Crippen molar-refractivity contribution in [2.24, 2.45) is 0 Å². The fourth-order valence-electron chi connectivity index (χ4n) is 3.75. The van der Waals surface area contributed by atoms with Gasteiger partial charge in [-0.3, -0.25) is 9.59 Å². The Kier molecular flexibility index (Phi) is 5.31. The molecule has 5 aromatic rings. The van der Waals surface area contributed by atoms with Crippen LogP contribution in [0.2, 0.25) is 0 Å². The number of nitriles is 1. The second-order valence-electron chi connectivity index (χ2n) is 7.85. The number of nitrogens with zero attached hydrogens (tertiary/aromatic N) is 4. The van der Waals surface area contributed by atoms with Crippen LogP contribution in [0.5, 0.6) is 11.5 Å². The highest BCUT2D eigenvalue weighted by Crippen LogP contribution is 2.28. The SMILES string of the molecule is Cc1cc(Oc2cccc(C#N)c2)ccc1-n1ncc(C(=O)c2nc3cc(C=O)ccc3[nH]2)c1N. The molecule has 0 radical (unpaired) electrons. The molecule has 0 saturated carbocycles. The van der Waals surface area contributed by atoms with E-state index < -0.39 is 5.78 Å². The van der Waals surface area contributed by atoms with E-state index in [-0.39, 0.29) is 17.2 Å². The Morgan fingerprint density at radius 3 is 2.74 bits per heavy atom. The summed E-state index contributed by atoms with van der Waals surface area (Å²) in [6.07, 6.45) is 2.12. The number of H-pyrrole nitrogens is 1. The predicted octanol–water partition coefficient (Wildman–Crippen LogP) is 4.35. The molecule has 0 spiro atoms. The number of aromatic nitrogens is 4. The Hall–Kier alpha value is -5.23. The van der Waals surface area contributed by atoms with E-state index in [9.17, 15) is 9.59 Å². The van der Waals surface area contributed by atoms with E-state index in [4.69, 9.17) is 15.7 Å². The topological polar surface area (TPSA) is 140 Å². The number of aryl methyl sites for hydroxylation is 1. The zero-order chi connectivity index (χ0) is 24.5. The number of nitrogen functional groups attached to an aromatic ring is 1. The number of hydrogen-bond donors (Lipinski definition) is 2. The molecule has 0 aliphatic carbocycles. The van der Waals surface area contributed by atoms with Crippen LogP contribution in [0.3, 0.4) is 0 Å². The van der Waals surface area contributed by atoms with Gasteiger partial charge < -0.3 is 15.5 Å². The van der Waals surface area contributed by atoms with Crippen LogP contribution in [0.25, 0.3) is 16.7 Å². The van der Waals surface area contributed by atoms with E-state index in [0.29, 0.717) is 39.3 Å². The molecule has 0 aliphatic rings. The fraction of sp³-hybridized carbons (Fsp3) is 0.0385. The number of fused-ring (bicyclic) bond motifs is 1. The van der Waals surface area contributed by atoms with Crippen LogP contribution in [-0.4, -0.2) is 31.8 Å². The summed E-state index contributed by atoms with van der Waals surface area (Å²) in [7, 11) is 0. The van der Waals surface area contributed by atoms with Gasteiger partial charge in [-0.1, -0.05) is 6.07 Å². The molecule has 0 bridgehead atoms. The molecule has 0 unspecified atom stereocenters. The highest BCUT2D eigenvalue weighted by atomic mass is 16.5. The summed E-state index contributed by atoms with van der Waals surface area (Å²) in [4.78, 5) is 31.4. The van der Waals surface area contributed by atoms with Crippen LogP contribution < -0.4 is 10.5 Å². The summed E-state index contributed by atoms with van der Waals surface area (Å²) in [5.74, 6) is 0.999.